The van der Waals surface area contributed by atoms with Crippen LogP contribution >= 0.6 is 0 Å². The fourth-order valence-electron chi connectivity index (χ4n) is 2.87. The molecular weight excluding hydrogens is 242 g/mol. The highest BCUT2D eigenvalue weighted by atomic mass is 16.5. The fraction of sp³-hybridized carbons (Fsp3) is 0.533. The summed E-state index contributed by atoms with van der Waals surface area (Å²) in [6, 6.07) is 5.97. The van der Waals surface area contributed by atoms with Crippen LogP contribution in [0.25, 0.3) is 0 Å². The molecule has 0 aromatic heterocycles. The zero-order chi connectivity index (χ0) is 13.2. The van der Waals surface area contributed by atoms with Crippen molar-refractivity contribution in [1.29, 1.82) is 0 Å². The molecule has 1 N–H and O–H groups in total. The highest BCUT2D eigenvalue weighted by Gasteiger charge is 2.29. The van der Waals surface area contributed by atoms with Crippen LogP contribution in [-0.4, -0.2) is 38.4 Å². The summed E-state index contributed by atoms with van der Waals surface area (Å²) in [6.45, 7) is 1.07. The number of nitrogens with one attached hydrogen (secondary N) is 1. The first-order valence-electron chi connectivity index (χ1n) is 6.81. The van der Waals surface area contributed by atoms with Gasteiger partial charge in [-0.25, -0.2) is 0 Å². The van der Waals surface area contributed by atoms with Gasteiger partial charge in [-0.3, -0.25) is 4.79 Å². The van der Waals surface area contributed by atoms with Crippen LogP contribution < -0.4 is 5.32 Å². The van der Waals surface area contributed by atoms with E-state index in [0.29, 0.717) is 13.2 Å². The summed E-state index contributed by atoms with van der Waals surface area (Å²) in [5, 5.41) is 3.00. The molecule has 0 bridgehead atoms. The lowest BCUT2D eigenvalue weighted by molar-refractivity contribution is 0.0685. The molecule has 0 saturated carbocycles. The topological polar surface area (TPSA) is 47.6 Å². The molecule has 1 saturated heterocycles. The van der Waals surface area contributed by atoms with Crippen molar-refractivity contribution in [2.75, 3.05) is 20.3 Å². The Kier molecular flexibility index (Phi) is 3.53. The van der Waals surface area contributed by atoms with Gasteiger partial charge in [0.15, 0.2) is 0 Å². The summed E-state index contributed by atoms with van der Waals surface area (Å²) in [5.74, 6) is -0.0350. The third kappa shape index (κ3) is 2.51. The fourth-order valence-corrected chi connectivity index (χ4v) is 2.87. The van der Waals surface area contributed by atoms with Crippen molar-refractivity contribution < 1.29 is 14.3 Å². The van der Waals surface area contributed by atoms with Gasteiger partial charge in [0, 0.05) is 12.7 Å². The summed E-state index contributed by atoms with van der Waals surface area (Å²) in [5.41, 5.74) is 3.44. The average Bonchev–Trinajstić information content (AvgIpc) is 3.05. The molecule has 1 aromatic rings. The minimum absolute atomic E-state index is 0.0350. The highest BCUT2D eigenvalue weighted by Crippen LogP contribution is 2.23. The van der Waals surface area contributed by atoms with E-state index in [4.69, 9.17) is 9.47 Å². The Bertz CT molecular complexity index is 486. The van der Waals surface area contributed by atoms with Gasteiger partial charge in [0.05, 0.1) is 19.3 Å². The van der Waals surface area contributed by atoms with E-state index in [-0.39, 0.29) is 18.1 Å². The van der Waals surface area contributed by atoms with E-state index in [9.17, 15) is 4.79 Å². The van der Waals surface area contributed by atoms with Gasteiger partial charge in [-0.15, -0.1) is 0 Å². The third-order valence-corrected chi connectivity index (χ3v) is 4.01. The largest absolute Gasteiger partial charge is 0.377 e. The molecule has 1 aliphatic heterocycles. The Balaban J connectivity index is 1.70. The van der Waals surface area contributed by atoms with E-state index in [2.05, 4.69) is 11.4 Å². The second kappa shape index (κ2) is 5.31. The molecule has 0 radical (unpaired) electrons. The van der Waals surface area contributed by atoms with Gasteiger partial charge in [-0.2, -0.15) is 0 Å². The number of ether oxygens (including phenoxy) is 2. The maximum absolute atomic E-state index is 12.2. The van der Waals surface area contributed by atoms with Gasteiger partial charge in [0.2, 0.25) is 0 Å². The van der Waals surface area contributed by atoms with E-state index >= 15 is 0 Å². The van der Waals surface area contributed by atoms with E-state index in [1.165, 1.54) is 17.5 Å². The van der Waals surface area contributed by atoms with Crippen LogP contribution in [0.5, 0.6) is 0 Å². The summed E-state index contributed by atoms with van der Waals surface area (Å²) in [4.78, 5) is 12.2. The molecule has 4 nitrogen and oxygen atoms in total. The maximum atomic E-state index is 12.2. The first-order valence-corrected chi connectivity index (χ1v) is 6.81. The molecule has 102 valence electrons. The van der Waals surface area contributed by atoms with Crippen LogP contribution in [0.15, 0.2) is 18.2 Å². The van der Waals surface area contributed by atoms with E-state index in [1.54, 1.807) is 7.11 Å². The summed E-state index contributed by atoms with van der Waals surface area (Å²) in [7, 11) is 1.65. The molecule has 1 aromatic carbocycles. The van der Waals surface area contributed by atoms with Crippen molar-refractivity contribution in [2.24, 2.45) is 0 Å². The predicted molar refractivity (Wildman–Crippen MR) is 71.3 cm³/mol. The van der Waals surface area contributed by atoms with Crippen molar-refractivity contribution in [3.8, 4) is 0 Å². The first-order chi connectivity index (χ1) is 9.28. The first kappa shape index (κ1) is 12.6. The summed E-state index contributed by atoms with van der Waals surface area (Å²) < 4.78 is 10.6. The molecule has 0 unspecified atom stereocenters. The molecule has 19 heavy (non-hydrogen) atoms. The highest BCUT2D eigenvalue weighted by molar-refractivity contribution is 5.94. The quantitative estimate of drug-likeness (QED) is 0.892. The molecule has 1 amide bonds. The van der Waals surface area contributed by atoms with Crippen molar-refractivity contribution >= 4 is 5.91 Å². The summed E-state index contributed by atoms with van der Waals surface area (Å²) in [6.07, 6.45) is 3.38. The molecule has 2 atom stereocenters. The van der Waals surface area contributed by atoms with Crippen molar-refractivity contribution in [2.45, 2.75) is 31.4 Å². The van der Waals surface area contributed by atoms with Crippen molar-refractivity contribution in [3.05, 3.63) is 34.9 Å². The minimum Gasteiger partial charge on any atom is -0.377 e. The second-order valence-electron chi connectivity index (χ2n) is 5.23. The molecule has 1 aliphatic carbocycles. The number of hydrogen-bond acceptors (Lipinski definition) is 3. The van der Waals surface area contributed by atoms with Crippen LogP contribution in [0.3, 0.4) is 0 Å². The number of hydrogen-bond donors (Lipinski definition) is 1. The lowest BCUT2D eigenvalue weighted by Crippen LogP contribution is -2.43. The Morgan fingerprint density at radius 1 is 1.32 bits per heavy atom. The Morgan fingerprint density at radius 3 is 3.00 bits per heavy atom. The maximum Gasteiger partial charge on any atom is 0.251 e. The van der Waals surface area contributed by atoms with Gasteiger partial charge in [-0.05, 0) is 42.5 Å². The minimum atomic E-state index is -0.0502. The number of fused-ring (bicyclic) bond motifs is 1. The molecular formula is C15H19NO3. The second-order valence-corrected chi connectivity index (χ2v) is 5.23. The van der Waals surface area contributed by atoms with E-state index < -0.39 is 0 Å². The number of carbonyl (C=O) groups is 1. The summed E-state index contributed by atoms with van der Waals surface area (Å²) >= 11 is 0. The smallest absolute Gasteiger partial charge is 0.251 e. The van der Waals surface area contributed by atoms with Crippen molar-refractivity contribution in [3.63, 3.8) is 0 Å². The lowest BCUT2D eigenvalue weighted by atomic mass is 10.1. The predicted octanol–water partition coefficient (Wildman–Crippen LogP) is 1.32. The molecule has 1 fully saturated rings. The number of carbonyl (C=O) groups excluding carboxylic acids is 1. The Hall–Kier alpha value is -1.39. The van der Waals surface area contributed by atoms with Crippen molar-refractivity contribution in [1.82, 2.24) is 5.32 Å². The normalized spacial score (nSPS) is 25.3. The van der Waals surface area contributed by atoms with Crippen LogP contribution in [-0.2, 0) is 22.3 Å². The van der Waals surface area contributed by atoms with Crippen LogP contribution in [0, 0.1) is 0 Å². The molecule has 0 spiro atoms. The zero-order valence-corrected chi connectivity index (χ0v) is 11.1. The average molecular weight is 261 g/mol. The monoisotopic (exact) mass is 261 g/mol. The van der Waals surface area contributed by atoms with E-state index in [1.807, 2.05) is 12.1 Å². The van der Waals surface area contributed by atoms with Gasteiger partial charge >= 0.3 is 0 Å². The molecule has 1 heterocycles. The molecule has 3 rings (SSSR count). The third-order valence-electron chi connectivity index (χ3n) is 4.01. The Morgan fingerprint density at radius 2 is 2.16 bits per heavy atom. The SMILES string of the molecule is CO[C@H]1COC[C@@H]1NC(=O)c1ccc2c(c1)CCC2. The van der Waals surface area contributed by atoms with Gasteiger partial charge in [0.25, 0.3) is 5.91 Å². The van der Waals surface area contributed by atoms with Crippen LogP contribution in [0.4, 0.5) is 0 Å². The number of benzene rings is 1. The lowest BCUT2D eigenvalue weighted by Gasteiger charge is -2.17. The van der Waals surface area contributed by atoms with Crippen LogP contribution in [0.2, 0.25) is 0 Å². The number of aryl methyl sites for hydroxylation is 2. The molecule has 2 aliphatic rings. The van der Waals surface area contributed by atoms with Gasteiger partial charge in [-0.1, -0.05) is 6.07 Å². The van der Waals surface area contributed by atoms with E-state index in [0.717, 1.165) is 18.4 Å². The number of rotatable bonds is 3. The number of amides is 1. The van der Waals surface area contributed by atoms with Gasteiger partial charge < -0.3 is 14.8 Å². The van der Waals surface area contributed by atoms with Gasteiger partial charge in [0.1, 0.15) is 6.10 Å². The molecule has 4 heteroatoms. The van der Waals surface area contributed by atoms with Crippen LogP contribution in [0.1, 0.15) is 27.9 Å². The zero-order valence-electron chi connectivity index (χ0n) is 11.1. The standard InChI is InChI=1S/C15H19NO3/c1-18-14-9-19-8-13(14)16-15(17)12-6-5-10-3-2-4-11(10)7-12/h5-7,13-14H,2-4,8-9H2,1H3,(H,16,17)/t13-,14-/m0/s1. The Labute approximate surface area is 113 Å². The number of methoxy groups -OCH3 is 1.